The normalized spacial score (nSPS) is 9.00. The topological polar surface area (TPSA) is 61.1 Å². The second-order valence-electron chi connectivity index (χ2n) is 1.95. The molecule has 0 atom stereocenters. The zero-order valence-corrected chi connectivity index (χ0v) is 9.17. The minimum absolute atomic E-state index is 0.140. The molecule has 1 N–H and O–H groups in total. The summed E-state index contributed by atoms with van der Waals surface area (Å²) in [7, 11) is 0. The summed E-state index contributed by atoms with van der Waals surface area (Å²) >= 11 is 2.80. The molecular weight excluding hydrogens is 206 g/mol. The van der Waals surface area contributed by atoms with Crippen LogP contribution >= 0.6 is 23.5 Å². The second-order valence-corrected chi connectivity index (χ2v) is 4.75. The lowest BCUT2D eigenvalue weighted by molar-refractivity contribution is -0.132. The van der Waals surface area contributed by atoms with Crippen molar-refractivity contribution in [2.75, 3.05) is 11.5 Å². The average molecular weight is 217 g/mol. The van der Waals surface area contributed by atoms with Crippen LogP contribution in [-0.2, 0) is 4.79 Å². The Morgan fingerprint density at radius 3 is 2.08 bits per heavy atom. The molecule has 13 heavy (non-hydrogen) atoms. The maximum Gasteiger partial charge on any atom is 0.348 e. The zero-order valence-electron chi connectivity index (χ0n) is 7.53. The molecule has 0 fully saturated rings. The highest BCUT2D eigenvalue weighted by atomic mass is 32.2. The number of rotatable bonds is 5. The van der Waals surface area contributed by atoms with Crippen LogP contribution in [0.1, 0.15) is 13.8 Å². The molecule has 3 nitrogen and oxygen atoms in total. The first-order valence-corrected chi connectivity index (χ1v) is 5.77. The molecule has 0 aromatic heterocycles. The van der Waals surface area contributed by atoms with E-state index in [1.807, 2.05) is 13.8 Å². The van der Waals surface area contributed by atoms with Crippen molar-refractivity contribution in [1.29, 1.82) is 5.26 Å². The molecule has 0 unspecified atom stereocenters. The lowest BCUT2D eigenvalue weighted by atomic mass is 10.3. The van der Waals surface area contributed by atoms with Crippen molar-refractivity contribution in [3.05, 3.63) is 9.81 Å². The van der Waals surface area contributed by atoms with Gasteiger partial charge in [-0.1, -0.05) is 13.8 Å². The lowest BCUT2D eigenvalue weighted by Crippen LogP contribution is -2.00. The molecule has 5 heteroatoms. The van der Waals surface area contributed by atoms with Crippen molar-refractivity contribution in [1.82, 2.24) is 0 Å². The standard InChI is InChI=1S/C8H11NO2S2/c1-3-12-8(13-4-2)6(5-9)7(10)11/h3-4H2,1-2H3,(H,10,11). The molecule has 0 saturated carbocycles. The van der Waals surface area contributed by atoms with Gasteiger partial charge in [0.05, 0.1) is 4.24 Å². The third-order valence-corrected chi connectivity index (χ3v) is 3.30. The first-order chi connectivity index (χ1) is 6.17. The van der Waals surface area contributed by atoms with E-state index in [1.54, 1.807) is 6.07 Å². The summed E-state index contributed by atoms with van der Waals surface area (Å²) in [5.74, 6) is 0.418. The van der Waals surface area contributed by atoms with Crippen molar-refractivity contribution in [2.45, 2.75) is 13.8 Å². The Bertz CT molecular complexity index is 247. The minimum atomic E-state index is -1.14. The van der Waals surface area contributed by atoms with Gasteiger partial charge in [-0.3, -0.25) is 0 Å². The highest BCUT2D eigenvalue weighted by Crippen LogP contribution is 2.31. The quantitative estimate of drug-likeness (QED) is 0.565. The van der Waals surface area contributed by atoms with Crippen molar-refractivity contribution in [2.24, 2.45) is 0 Å². The fourth-order valence-corrected chi connectivity index (χ4v) is 2.75. The summed E-state index contributed by atoms with van der Waals surface area (Å²) in [6.07, 6.45) is 0. The highest BCUT2D eigenvalue weighted by Gasteiger charge is 2.13. The fraction of sp³-hybridized carbons (Fsp3) is 0.500. The number of carboxylic acid groups (broad SMARTS) is 1. The van der Waals surface area contributed by atoms with Gasteiger partial charge in [0.2, 0.25) is 0 Å². The number of hydrogen-bond acceptors (Lipinski definition) is 4. The predicted molar refractivity (Wildman–Crippen MR) is 56.5 cm³/mol. The van der Waals surface area contributed by atoms with Crippen LogP contribution in [-0.4, -0.2) is 22.6 Å². The van der Waals surface area contributed by atoms with Gasteiger partial charge in [-0.15, -0.1) is 23.5 Å². The van der Waals surface area contributed by atoms with Crippen LogP contribution in [0.3, 0.4) is 0 Å². The number of carboxylic acids is 1. The minimum Gasteiger partial charge on any atom is -0.477 e. The first kappa shape index (κ1) is 12.4. The van der Waals surface area contributed by atoms with Crippen LogP contribution in [0.25, 0.3) is 0 Å². The van der Waals surface area contributed by atoms with Gasteiger partial charge in [0.25, 0.3) is 0 Å². The molecule has 0 bridgehead atoms. The summed E-state index contributed by atoms with van der Waals surface area (Å²) in [5, 5.41) is 17.3. The Morgan fingerprint density at radius 1 is 1.38 bits per heavy atom. The molecule has 72 valence electrons. The summed E-state index contributed by atoms with van der Waals surface area (Å²) < 4.78 is 0.611. The molecule has 0 amide bonds. The smallest absolute Gasteiger partial charge is 0.348 e. The van der Waals surface area contributed by atoms with E-state index in [-0.39, 0.29) is 5.57 Å². The van der Waals surface area contributed by atoms with Crippen LogP contribution in [0.15, 0.2) is 9.81 Å². The summed E-state index contributed by atoms with van der Waals surface area (Å²) in [4.78, 5) is 10.6. The predicted octanol–water partition coefficient (Wildman–Crippen LogP) is 2.31. The van der Waals surface area contributed by atoms with Gasteiger partial charge in [0.1, 0.15) is 6.07 Å². The van der Waals surface area contributed by atoms with E-state index >= 15 is 0 Å². The van der Waals surface area contributed by atoms with Crippen molar-refractivity contribution in [3.8, 4) is 6.07 Å². The van der Waals surface area contributed by atoms with Crippen LogP contribution in [0.2, 0.25) is 0 Å². The Hall–Kier alpha value is -0.600. The Morgan fingerprint density at radius 2 is 1.85 bits per heavy atom. The third kappa shape index (κ3) is 4.25. The van der Waals surface area contributed by atoms with Gasteiger partial charge in [0, 0.05) is 0 Å². The van der Waals surface area contributed by atoms with Gasteiger partial charge in [-0.05, 0) is 11.5 Å². The molecule has 0 aliphatic rings. The van der Waals surface area contributed by atoms with Crippen LogP contribution in [0, 0.1) is 11.3 Å². The number of thioether (sulfide) groups is 2. The maximum atomic E-state index is 10.6. The second kappa shape index (κ2) is 6.87. The number of nitriles is 1. The molecule has 0 saturated heterocycles. The first-order valence-electron chi connectivity index (χ1n) is 3.80. The van der Waals surface area contributed by atoms with Gasteiger partial charge in [-0.25, -0.2) is 4.79 Å². The number of carbonyl (C=O) groups is 1. The Balaban J connectivity index is 4.79. The van der Waals surface area contributed by atoms with Crippen molar-refractivity contribution < 1.29 is 9.90 Å². The van der Waals surface area contributed by atoms with E-state index in [0.717, 1.165) is 11.5 Å². The molecule has 0 heterocycles. The monoisotopic (exact) mass is 217 g/mol. The fourth-order valence-electron chi connectivity index (χ4n) is 0.629. The van der Waals surface area contributed by atoms with Crippen LogP contribution in [0.5, 0.6) is 0 Å². The SMILES string of the molecule is CCSC(SCC)=C(C#N)C(=O)O. The molecule has 0 aromatic carbocycles. The summed E-state index contributed by atoms with van der Waals surface area (Å²) in [6.45, 7) is 3.86. The van der Waals surface area contributed by atoms with Crippen LogP contribution < -0.4 is 0 Å². The van der Waals surface area contributed by atoms with E-state index in [9.17, 15) is 4.79 Å². The van der Waals surface area contributed by atoms with Crippen molar-refractivity contribution >= 4 is 29.5 Å². The van der Waals surface area contributed by atoms with E-state index in [2.05, 4.69) is 0 Å². The summed E-state index contributed by atoms with van der Waals surface area (Å²) in [5.41, 5.74) is -0.140. The Kier molecular flexibility index (Phi) is 6.55. The molecule has 0 aliphatic heterocycles. The number of hydrogen-bond donors (Lipinski definition) is 1. The average Bonchev–Trinajstić information content (AvgIpc) is 2.05. The van der Waals surface area contributed by atoms with Gasteiger partial charge < -0.3 is 5.11 Å². The third-order valence-electron chi connectivity index (χ3n) is 1.08. The molecular formula is C8H11NO2S2. The van der Waals surface area contributed by atoms with Gasteiger partial charge >= 0.3 is 5.97 Å². The number of aliphatic carboxylic acids is 1. The maximum absolute atomic E-state index is 10.6. The van der Waals surface area contributed by atoms with Gasteiger partial charge in [-0.2, -0.15) is 5.26 Å². The Labute approximate surface area is 86.2 Å². The number of nitrogens with zero attached hydrogens (tertiary/aromatic N) is 1. The van der Waals surface area contributed by atoms with E-state index in [4.69, 9.17) is 10.4 Å². The van der Waals surface area contributed by atoms with Crippen LogP contribution in [0.4, 0.5) is 0 Å². The van der Waals surface area contributed by atoms with E-state index in [1.165, 1.54) is 23.5 Å². The molecule has 0 aromatic rings. The molecule has 0 aliphatic carbocycles. The van der Waals surface area contributed by atoms with Gasteiger partial charge in [0.15, 0.2) is 5.57 Å². The van der Waals surface area contributed by atoms with E-state index < -0.39 is 5.97 Å². The zero-order chi connectivity index (χ0) is 10.3. The summed E-state index contributed by atoms with van der Waals surface area (Å²) in [6, 6.07) is 1.71. The largest absolute Gasteiger partial charge is 0.477 e. The molecule has 0 rings (SSSR count). The molecule has 0 spiro atoms. The van der Waals surface area contributed by atoms with E-state index in [0.29, 0.717) is 4.24 Å². The highest BCUT2D eigenvalue weighted by molar-refractivity contribution is 8.22. The molecule has 0 radical (unpaired) electrons. The van der Waals surface area contributed by atoms with Crippen molar-refractivity contribution in [3.63, 3.8) is 0 Å². The lowest BCUT2D eigenvalue weighted by Gasteiger charge is -2.03.